The fourth-order valence-electron chi connectivity index (χ4n) is 2.97. The number of thiophene rings is 1. The lowest BCUT2D eigenvalue weighted by molar-refractivity contribution is 0.0959. The first-order valence-electron chi connectivity index (χ1n) is 8.21. The first kappa shape index (κ1) is 15.9. The maximum Gasteiger partial charge on any atom is 0.281 e. The van der Waals surface area contributed by atoms with Gasteiger partial charge in [0, 0.05) is 4.88 Å². The predicted molar refractivity (Wildman–Crippen MR) is 96.2 cm³/mol. The molecule has 1 heterocycles. The summed E-state index contributed by atoms with van der Waals surface area (Å²) >= 11 is 1.62. The van der Waals surface area contributed by atoms with Crippen molar-refractivity contribution in [3.63, 3.8) is 0 Å². The van der Waals surface area contributed by atoms with Crippen molar-refractivity contribution in [1.82, 2.24) is 5.43 Å². The van der Waals surface area contributed by atoms with E-state index in [1.54, 1.807) is 11.3 Å². The van der Waals surface area contributed by atoms with Gasteiger partial charge in [0.2, 0.25) is 0 Å². The summed E-state index contributed by atoms with van der Waals surface area (Å²) in [5.74, 6) is 0.620. The fourth-order valence-corrected chi connectivity index (χ4v) is 4.07. The van der Waals surface area contributed by atoms with Gasteiger partial charge in [-0.3, -0.25) is 4.79 Å². The van der Waals surface area contributed by atoms with Crippen LogP contribution in [0.4, 0.5) is 0 Å². The number of hydrogen-bond donors (Lipinski definition) is 1. The summed E-state index contributed by atoms with van der Waals surface area (Å²) in [6.45, 7) is 4.32. The number of benzene rings is 1. The highest BCUT2D eigenvalue weighted by Crippen LogP contribution is 2.32. The zero-order chi connectivity index (χ0) is 16.2. The topological polar surface area (TPSA) is 41.5 Å². The smallest absolute Gasteiger partial charge is 0.266 e. The van der Waals surface area contributed by atoms with Gasteiger partial charge in [0.05, 0.1) is 10.6 Å². The van der Waals surface area contributed by atoms with E-state index < -0.39 is 0 Å². The second kappa shape index (κ2) is 7.09. The van der Waals surface area contributed by atoms with Crippen LogP contribution in [0.15, 0.2) is 41.5 Å². The molecule has 3 nitrogen and oxygen atoms in total. The van der Waals surface area contributed by atoms with Gasteiger partial charge < -0.3 is 0 Å². The number of carbonyl (C=O) groups is 1. The van der Waals surface area contributed by atoms with Crippen molar-refractivity contribution in [3.05, 3.63) is 57.3 Å². The van der Waals surface area contributed by atoms with Crippen molar-refractivity contribution >= 4 is 23.0 Å². The van der Waals surface area contributed by atoms with Crippen molar-refractivity contribution in [3.8, 4) is 0 Å². The molecule has 23 heavy (non-hydrogen) atoms. The van der Waals surface area contributed by atoms with E-state index in [0.717, 1.165) is 41.3 Å². The fraction of sp³-hybridized carbons (Fsp3) is 0.368. The minimum Gasteiger partial charge on any atom is -0.266 e. The molecule has 1 amide bonds. The number of rotatable bonds is 4. The zero-order valence-electron chi connectivity index (χ0n) is 13.6. The van der Waals surface area contributed by atoms with Crippen LogP contribution in [0.5, 0.6) is 0 Å². The minimum atomic E-state index is -0.0982. The molecular weight excluding hydrogens is 304 g/mol. The number of aryl methyl sites for hydroxylation is 1. The number of fused-ring (bicyclic) bond motifs is 1. The number of amides is 1. The number of nitrogens with one attached hydrogen (secondary N) is 1. The molecule has 0 spiro atoms. The van der Waals surface area contributed by atoms with Crippen molar-refractivity contribution in [2.24, 2.45) is 11.0 Å². The monoisotopic (exact) mass is 326 g/mol. The van der Waals surface area contributed by atoms with E-state index in [1.807, 2.05) is 37.3 Å². The van der Waals surface area contributed by atoms with Gasteiger partial charge in [-0.15, -0.1) is 11.3 Å². The van der Waals surface area contributed by atoms with Gasteiger partial charge >= 0.3 is 0 Å². The Morgan fingerprint density at radius 3 is 2.87 bits per heavy atom. The second-order valence-corrected chi connectivity index (χ2v) is 7.26. The molecule has 2 aromatic rings. The molecule has 0 fully saturated rings. The summed E-state index contributed by atoms with van der Waals surface area (Å²) in [4.78, 5) is 14.5. The van der Waals surface area contributed by atoms with Gasteiger partial charge in [-0.25, -0.2) is 5.43 Å². The summed E-state index contributed by atoms with van der Waals surface area (Å²) in [6, 6.07) is 12.0. The average molecular weight is 326 g/mol. The highest BCUT2D eigenvalue weighted by molar-refractivity contribution is 7.14. The van der Waals surface area contributed by atoms with Gasteiger partial charge in [0.25, 0.3) is 5.91 Å². The molecule has 0 saturated heterocycles. The highest BCUT2D eigenvalue weighted by atomic mass is 32.1. The van der Waals surface area contributed by atoms with E-state index in [0.29, 0.717) is 0 Å². The Labute approximate surface area is 141 Å². The summed E-state index contributed by atoms with van der Waals surface area (Å²) in [5.41, 5.74) is 6.02. The molecule has 0 saturated carbocycles. The third-order valence-corrected chi connectivity index (χ3v) is 5.52. The summed E-state index contributed by atoms with van der Waals surface area (Å²) in [7, 11) is 0. The van der Waals surface area contributed by atoms with E-state index in [4.69, 9.17) is 0 Å². The van der Waals surface area contributed by atoms with Crippen molar-refractivity contribution < 1.29 is 4.79 Å². The van der Waals surface area contributed by atoms with E-state index in [-0.39, 0.29) is 5.91 Å². The maximum atomic E-state index is 12.4. The number of hydrazone groups is 1. The molecular formula is C19H22N2OS. The van der Waals surface area contributed by atoms with E-state index in [9.17, 15) is 4.79 Å². The number of carbonyl (C=O) groups excluding carboxylic acids is 1. The first-order chi connectivity index (χ1) is 11.2. The predicted octanol–water partition coefficient (Wildman–Crippen LogP) is 4.42. The average Bonchev–Trinajstić information content (AvgIpc) is 2.99. The van der Waals surface area contributed by atoms with E-state index in [2.05, 4.69) is 23.5 Å². The third-order valence-electron chi connectivity index (χ3n) is 4.29. The molecule has 1 N–H and O–H groups in total. The molecule has 0 aliphatic heterocycles. The van der Waals surface area contributed by atoms with Gasteiger partial charge in [-0.2, -0.15) is 5.10 Å². The lowest BCUT2D eigenvalue weighted by Gasteiger charge is -2.16. The zero-order valence-corrected chi connectivity index (χ0v) is 14.5. The lowest BCUT2D eigenvalue weighted by Crippen LogP contribution is -2.19. The van der Waals surface area contributed by atoms with Crippen LogP contribution in [0, 0.1) is 5.92 Å². The molecule has 1 atom stereocenters. The van der Waals surface area contributed by atoms with E-state index in [1.165, 1.54) is 16.9 Å². The Hall–Kier alpha value is -1.94. The van der Waals surface area contributed by atoms with Gasteiger partial charge in [0.15, 0.2) is 0 Å². The van der Waals surface area contributed by atoms with Crippen molar-refractivity contribution in [2.75, 3.05) is 0 Å². The van der Waals surface area contributed by atoms with Gasteiger partial charge in [-0.05, 0) is 48.8 Å². The number of nitrogens with zero attached hydrogens (tertiary/aromatic N) is 1. The SMILES string of the molecule is CC/C(=N/NC(=O)c1cc2c(s1)CC[C@H](C)C2)c1ccccc1. The van der Waals surface area contributed by atoms with Crippen LogP contribution in [0.1, 0.15) is 52.4 Å². The van der Waals surface area contributed by atoms with Crippen LogP contribution in [0.2, 0.25) is 0 Å². The van der Waals surface area contributed by atoms with Gasteiger partial charge in [-0.1, -0.05) is 44.2 Å². The largest absolute Gasteiger partial charge is 0.281 e. The molecule has 1 aromatic heterocycles. The Morgan fingerprint density at radius 2 is 2.13 bits per heavy atom. The summed E-state index contributed by atoms with van der Waals surface area (Å²) < 4.78 is 0. The van der Waals surface area contributed by atoms with Crippen LogP contribution < -0.4 is 5.43 Å². The first-order valence-corrected chi connectivity index (χ1v) is 9.03. The van der Waals surface area contributed by atoms with Crippen LogP contribution in [-0.2, 0) is 12.8 Å². The quantitative estimate of drug-likeness (QED) is 0.656. The standard InChI is InChI=1S/C19H22N2OS/c1-3-16(14-7-5-4-6-8-14)20-21-19(22)18-12-15-11-13(2)9-10-17(15)23-18/h4-8,12-13H,3,9-11H2,1-2H3,(H,21,22)/b20-16-/t13-/m0/s1. The summed E-state index contributed by atoms with van der Waals surface area (Å²) in [6.07, 6.45) is 4.19. The third kappa shape index (κ3) is 3.70. The molecule has 0 radical (unpaired) electrons. The molecule has 1 aliphatic rings. The maximum absolute atomic E-state index is 12.4. The highest BCUT2D eigenvalue weighted by Gasteiger charge is 2.20. The van der Waals surface area contributed by atoms with Crippen molar-refractivity contribution in [1.29, 1.82) is 0 Å². The molecule has 1 aromatic carbocycles. The molecule has 3 rings (SSSR count). The Kier molecular flexibility index (Phi) is 4.91. The van der Waals surface area contributed by atoms with Gasteiger partial charge in [0.1, 0.15) is 0 Å². The molecule has 0 unspecified atom stereocenters. The minimum absolute atomic E-state index is 0.0982. The molecule has 1 aliphatic carbocycles. The van der Waals surface area contributed by atoms with Crippen LogP contribution >= 0.6 is 11.3 Å². The van der Waals surface area contributed by atoms with Crippen LogP contribution in [-0.4, -0.2) is 11.6 Å². The molecule has 0 bridgehead atoms. The van der Waals surface area contributed by atoms with Crippen LogP contribution in [0.3, 0.4) is 0 Å². The number of hydrogen-bond acceptors (Lipinski definition) is 3. The molecule has 4 heteroatoms. The van der Waals surface area contributed by atoms with Crippen molar-refractivity contribution in [2.45, 2.75) is 39.5 Å². The van der Waals surface area contributed by atoms with E-state index >= 15 is 0 Å². The molecule has 120 valence electrons. The lowest BCUT2D eigenvalue weighted by atomic mass is 9.90. The second-order valence-electron chi connectivity index (χ2n) is 6.13. The Morgan fingerprint density at radius 1 is 1.35 bits per heavy atom. The Balaban J connectivity index is 1.73. The van der Waals surface area contributed by atoms with Crippen LogP contribution in [0.25, 0.3) is 0 Å². The Bertz CT molecular complexity index is 718. The normalized spacial score (nSPS) is 17.7. The summed E-state index contributed by atoms with van der Waals surface area (Å²) in [5, 5.41) is 4.33.